The van der Waals surface area contributed by atoms with Gasteiger partial charge in [-0.1, -0.05) is 24.3 Å². The van der Waals surface area contributed by atoms with E-state index in [-0.39, 0.29) is 5.56 Å². The maximum Gasteiger partial charge on any atom is 0.416 e. The van der Waals surface area contributed by atoms with Gasteiger partial charge in [0.05, 0.1) is 17.7 Å². The molecule has 1 atom stereocenters. The Morgan fingerprint density at radius 3 is 2.38 bits per heavy atom. The summed E-state index contributed by atoms with van der Waals surface area (Å²) in [5.74, 6) is -1.14. The lowest BCUT2D eigenvalue weighted by Crippen LogP contribution is -2.29. The fourth-order valence-electron chi connectivity index (χ4n) is 2.19. The van der Waals surface area contributed by atoms with Crippen molar-refractivity contribution in [3.8, 4) is 6.07 Å². The van der Waals surface area contributed by atoms with Crippen molar-refractivity contribution in [1.29, 1.82) is 5.26 Å². The van der Waals surface area contributed by atoms with E-state index in [9.17, 15) is 22.4 Å². The number of benzene rings is 2. The van der Waals surface area contributed by atoms with Gasteiger partial charge in [0.15, 0.2) is 0 Å². The fraction of sp³-hybridized carbons (Fsp3) is 0.176. The number of alkyl halides is 3. The van der Waals surface area contributed by atoms with Crippen LogP contribution in [0.1, 0.15) is 29.2 Å². The Morgan fingerprint density at radius 1 is 1.12 bits per heavy atom. The van der Waals surface area contributed by atoms with Crippen LogP contribution < -0.4 is 5.32 Å². The van der Waals surface area contributed by atoms with Crippen molar-refractivity contribution in [2.45, 2.75) is 18.6 Å². The number of nitrogens with one attached hydrogen (secondary N) is 1. The predicted molar refractivity (Wildman–Crippen MR) is 78.1 cm³/mol. The molecule has 0 saturated heterocycles. The van der Waals surface area contributed by atoms with Crippen molar-refractivity contribution in [3.05, 3.63) is 71.0 Å². The first-order valence-electron chi connectivity index (χ1n) is 6.90. The molecule has 7 heteroatoms. The van der Waals surface area contributed by atoms with Gasteiger partial charge in [-0.25, -0.2) is 4.39 Å². The van der Waals surface area contributed by atoms with E-state index in [1.807, 2.05) is 0 Å². The normalized spacial score (nSPS) is 12.3. The Kier molecular flexibility index (Phi) is 5.19. The van der Waals surface area contributed by atoms with Gasteiger partial charge in [0, 0.05) is 0 Å². The van der Waals surface area contributed by atoms with E-state index < -0.39 is 35.9 Å². The zero-order valence-corrected chi connectivity index (χ0v) is 12.3. The highest BCUT2D eigenvalue weighted by Crippen LogP contribution is 2.32. The van der Waals surface area contributed by atoms with Crippen LogP contribution in [0.3, 0.4) is 0 Å². The lowest BCUT2D eigenvalue weighted by molar-refractivity contribution is -0.137. The van der Waals surface area contributed by atoms with E-state index in [0.717, 1.165) is 24.3 Å². The van der Waals surface area contributed by atoms with Crippen LogP contribution in [0.4, 0.5) is 17.6 Å². The van der Waals surface area contributed by atoms with E-state index >= 15 is 0 Å². The molecule has 0 bridgehead atoms. The van der Waals surface area contributed by atoms with Gasteiger partial charge in [0.2, 0.25) is 5.91 Å². The van der Waals surface area contributed by atoms with Crippen molar-refractivity contribution >= 4 is 5.91 Å². The largest absolute Gasteiger partial charge is 0.416 e. The summed E-state index contributed by atoms with van der Waals surface area (Å²) < 4.78 is 51.7. The highest BCUT2D eigenvalue weighted by Gasteiger charge is 2.31. The molecule has 0 aliphatic rings. The highest BCUT2D eigenvalue weighted by atomic mass is 19.4. The molecule has 0 saturated carbocycles. The molecule has 24 heavy (non-hydrogen) atoms. The smallest absolute Gasteiger partial charge is 0.344 e. The number of nitriles is 1. The molecule has 0 aliphatic carbocycles. The molecule has 124 valence electrons. The second-order valence-corrected chi connectivity index (χ2v) is 5.01. The van der Waals surface area contributed by atoms with Gasteiger partial charge in [-0.2, -0.15) is 18.4 Å². The van der Waals surface area contributed by atoms with Crippen LogP contribution in [0.5, 0.6) is 0 Å². The molecule has 0 aliphatic heterocycles. The molecule has 1 N–H and O–H groups in total. The van der Waals surface area contributed by atoms with Crippen LogP contribution >= 0.6 is 0 Å². The Balaban J connectivity index is 2.44. The third-order valence-electron chi connectivity index (χ3n) is 3.30. The molecule has 2 aromatic rings. The third-order valence-corrected chi connectivity index (χ3v) is 3.30. The summed E-state index contributed by atoms with van der Waals surface area (Å²) in [4.78, 5) is 11.7. The minimum absolute atomic E-state index is 0.183. The highest BCUT2D eigenvalue weighted by molar-refractivity contribution is 5.79. The quantitative estimate of drug-likeness (QED) is 0.859. The van der Waals surface area contributed by atoms with Crippen LogP contribution in [-0.2, 0) is 11.0 Å². The number of rotatable bonds is 4. The van der Waals surface area contributed by atoms with Crippen LogP contribution in [0.15, 0.2) is 48.5 Å². The van der Waals surface area contributed by atoms with E-state index in [0.29, 0.717) is 5.56 Å². The summed E-state index contributed by atoms with van der Waals surface area (Å²) in [6.07, 6.45) is -4.96. The van der Waals surface area contributed by atoms with E-state index in [4.69, 9.17) is 5.26 Å². The van der Waals surface area contributed by atoms with E-state index in [1.165, 1.54) is 24.3 Å². The summed E-state index contributed by atoms with van der Waals surface area (Å²) in [6.45, 7) is 0. The second kappa shape index (κ2) is 7.13. The first-order chi connectivity index (χ1) is 11.3. The SMILES string of the molecule is N#CCC(=O)N[C@H](c1ccc(F)cc1)c1cccc(C(F)(F)F)c1. The number of carbonyl (C=O) groups is 1. The van der Waals surface area contributed by atoms with Gasteiger partial charge in [0.25, 0.3) is 0 Å². The predicted octanol–water partition coefficient (Wildman–Crippen LogP) is 3.96. The molecule has 0 radical (unpaired) electrons. The topological polar surface area (TPSA) is 52.9 Å². The molecule has 0 spiro atoms. The standard InChI is InChI=1S/C17H12F4N2O/c18-14-6-4-11(5-7-14)16(23-15(24)8-9-22)12-2-1-3-13(10-12)17(19,20)21/h1-7,10,16H,8H2,(H,23,24)/t16-/m1/s1. The molecule has 0 unspecified atom stereocenters. The number of hydrogen-bond acceptors (Lipinski definition) is 2. The number of amides is 1. The number of nitrogens with zero attached hydrogens (tertiary/aromatic N) is 1. The van der Waals surface area contributed by atoms with E-state index in [2.05, 4.69) is 5.32 Å². The van der Waals surface area contributed by atoms with Crippen molar-refractivity contribution < 1.29 is 22.4 Å². The van der Waals surface area contributed by atoms with Crippen LogP contribution in [0.25, 0.3) is 0 Å². The Labute approximate surface area is 135 Å². The van der Waals surface area contributed by atoms with Gasteiger partial charge in [-0.15, -0.1) is 0 Å². The summed E-state index contributed by atoms with van der Waals surface area (Å²) in [7, 11) is 0. The van der Waals surface area contributed by atoms with Crippen molar-refractivity contribution in [3.63, 3.8) is 0 Å². The summed E-state index contributed by atoms with van der Waals surface area (Å²) in [5.41, 5.74) is -0.272. The molecule has 0 heterocycles. The van der Waals surface area contributed by atoms with Crippen LogP contribution in [-0.4, -0.2) is 5.91 Å². The molecule has 0 aromatic heterocycles. The van der Waals surface area contributed by atoms with Crippen molar-refractivity contribution in [2.75, 3.05) is 0 Å². The fourth-order valence-corrected chi connectivity index (χ4v) is 2.19. The van der Waals surface area contributed by atoms with Gasteiger partial charge in [-0.3, -0.25) is 4.79 Å². The lowest BCUT2D eigenvalue weighted by Gasteiger charge is -2.20. The van der Waals surface area contributed by atoms with Gasteiger partial charge >= 0.3 is 6.18 Å². The van der Waals surface area contributed by atoms with Crippen LogP contribution in [0.2, 0.25) is 0 Å². The Bertz CT molecular complexity index is 763. The Hall–Kier alpha value is -2.88. The zero-order chi connectivity index (χ0) is 17.7. The molecular weight excluding hydrogens is 324 g/mol. The molecule has 2 aromatic carbocycles. The first-order valence-corrected chi connectivity index (χ1v) is 6.90. The van der Waals surface area contributed by atoms with Crippen molar-refractivity contribution in [1.82, 2.24) is 5.32 Å². The third kappa shape index (κ3) is 4.32. The monoisotopic (exact) mass is 336 g/mol. The summed E-state index contributed by atoms with van der Waals surface area (Å²) in [6, 6.07) is 10.3. The molecule has 0 fully saturated rings. The average molecular weight is 336 g/mol. The van der Waals surface area contributed by atoms with E-state index in [1.54, 1.807) is 6.07 Å². The second-order valence-electron chi connectivity index (χ2n) is 5.01. The maximum atomic E-state index is 13.1. The summed E-state index contributed by atoms with van der Waals surface area (Å²) >= 11 is 0. The minimum atomic E-state index is -4.53. The Morgan fingerprint density at radius 2 is 1.79 bits per heavy atom. The van der Waals surface area contributed by atoms with Crippen molar-refractivity contribution in [2.24, 2.45) is 0 Å². The number of halogens is 4. The molecule has 3 nitrogen and oxygen atoms in total. The lowest BCUT2D eigenvalue weighted by atomic mass is 9.96. The number of carbonyl (C=O) groups excluding carboxylic acids is 1. The molecular formula is C17H12F4N2O. The average Bonchev–Trinajstić information content (AvgIpc) is 2.53. The zero-order valence-electron chi connectivity index (χ0n) is 12.3. The summed E-state index contributed by atoms with van der Waals surface area (Å²) in [5, 5.41) is 11.1. The first kappa shape index (κ1) is 17.5. The molecule has 2 rings (SSSR count). The van der Waals surface area contributed by atoms with Gasteiger partial charge < -0.3 is 5.32 Å². The van der Waals surface area contributed by atoms with Gasteiger partial charge in [0.1, 0.15) is 12.2 Å². The van der Waals surface area contributed by atoms with Gasteiger partial charge in [-0.05, 0) is 35.4 Å². The maximum absolute atomic E-state index is 13.1. The molecule has 1 amide bonds. The van der Waals surface area contributed by atoms with Crippen LogP contribution in [0, 0.1) is 17.1 Å². The minimum Gasteiger partial charge on any atom is -0.344 e. The number of hydrogen-bond donors (Lipinski definition) is 1.